The van der Waals surface area contributed by atoms with Crippen LogP contribution in [-0.4, -0.2) is 107 Å². The summed E-state index contributed by atoms with van der Waals surface area (Å²) >= 11 is 0. The number of piperazine rings is 1. The summed E-state index contributed by atoms with van der Waals surface area (Å²) < 4.78 is 17.4. The van der Waals surface area contributed by atoms with Crippen LogP contribution in [0.25, 0.3) is 4.85 Å². The molecule has 2 aromatic rings. The molecule has 4 heterocycles. The summed E-state index contributed by atoms with van der Waals surface area (Å²) in [6.45, 7) is 17.1. The van der Waals surface area contributed by atoms with E-state index in [1.165, 1.54) is 0 Å². The van der Waals surface area contributed by atoms with E-state index in [0.29, 0.717) is 45.2 Å². The minimum Gasteiger partial charge on any atom is -0.462 e. The number of likely N-dealkylation sites (tertiary alicyclic amines) is 1. The fraction of sp³-hybridized carbons (Fsp3) is 0.594. The molecule has 1 aromatic heterocycles. The van der Waals surface area contributed by atoms with Crippen LogP contribution in [0.4, 0.5) is 15.4 Å². The highest BCUT2D eigenvalue weighted by atomic mass is 16.6. The maximum absolute atomic E-state index is 13.1. The Balaban J connectivity index is 1.35. The van der Waals surface area contributed by atoms with Crippen LogP contribution in [-0.2, 0) is 29.0 Å². The number of carbonyl (C=O) groups excluding carboxylic acids is 2. The molecule has 3 aliphatic heterocycles. The number of likely N-dealkylation sites (N-methyl/N-ethyl adjacent to an activating group) is 1. The van der Waals surface area contributed by atoms with Crippen LogP contribution in [0.2, 0.25) is 0 Å². The average molecular weight is 606 g/mol. The number of rotatable bonds is 7. The van der Waals surface area contributed by atoms with Crippen molar-refractivity contribution in [1.29, 1.82) is 0 Å². The van der Waals surface area contributed by atoms with Gasteiger partial charge in [0, 0.05) is 37.8 Å². The van der Waals surface area contributed by atoms with Gasteiger partial charge in [0.25, 0.3) is 0 Å². The SMILES string of the molecule is [C-]#[N+]CC1CN(c2nc(OC[C@@H]3CCCN3C)nc3c2CCN(C(=O)OC(C)(C)C)C3)CCN1C(=O)OCc1ccccc1. The summed E-state index contributed by atoms with van der Waals surface area (Å²) in [6.07, 6.45) is 1.94. The molecule has 0 aliphatic carbocycles. The van der Waals surface area contributed by atoms with Crippen molar-refractivity contribution >= 4 is 18.0 Å². The lowest BCUT2D eigenvalue weighted by atomic mass is 10.0. The number of ether oxygens (including phenoxy) is 3. The van der Waals surface area contributed by atoms with Gasteiger partial charge in [-0.05, 0) is 59.2 Å². The lowest BCUT2D eigenvalue weighted by Gasteiger charge is -2.40. The molecule has 0 spiro atoms. The zero-order valence-electron chi connectivity index (χ0n) is 26.2. The topological polar surface area (TPSA) is 105 Å². The molecule has 2 amide bonds. The Morgan fingerprint density at radius 3 is 2.55 bits per heavy atom. The van der Waals surface area contributed by atoms with E-state index in [1.54, 1.807) is 9.80 Å². The summed E-state index contributed by atoms with van der Waals surface area (Å²) in [5.74, 6) is 0.737. The summed E-state index contributed by atoms with van der Waals surface area (Å²) in [5, 5.41) is 0. The number of hydrogen-bond acceptors (Lipinski definition) is 9. The number of nitrogens with zero attached hydrogens (tertiary/aromatic N) is 7. The Bertz CT molecular complexity index is 1360. The van der Waals surface area contributed by atoms with Crippen LogP contribution in [0.3, 0.4) is 0 Å². The van der Waals surface area contributed by atoms with Crippen LogP contribution in [0.15, 0.2) is 30.3 Å². The second-order valence-electron chi connectivity index (χ2n) is 12.7. The maximum Gasteiger partial charge on any atom is 0.410 e. The van der Waals surface area contributed by atoms with E-state index < -0.39 is 11.7 Å². The molecule has 0 saturated carbocycles. The zero-order valence-corrected chi connectivity index (χ0v) is 26.2. The van der Waals surface area contributed by atoms with Gasteiger partial charge in [-0.1, -0.05) is 30.3 Å². The second-order valence-corrected chi connectivity index (χ2v) is 12.7. The molecule has 2 saturated heterocycles. The third-order valence-electron chi connectivity index (χ3n) is 8.27. The van der Waals surface area contributed by atoms with Crippen molar-refractivity contribution in [1.82, 2.24) is 24.7 Å². The summed E-state index contributed by atoms with van der Waals surface area (Å²) in [6, 6.07) is 9.75. The molecule has 1 aromatic carbocycles. The Hall–Kier alpha value is -4.11. The molecule has 3 aliphatic rings. The van der Waals surface area contributed by atoms with E-state index in [1.807, 2.05) is 51.1 Å². The first-order valence-electron chi connectivity index (χ1n) is 15.4. The fourth-order valence-corrected chi connectivity index (χ4v) is 5.91. The quantitative estimate of drug-likeness (QED) is 0.434. The smallest absolute Gasteiger partial charge is 0.410 e. The van der Waals surface area contributed by atoms with Crippen LogP contribution < -0.4 is 9.64 Å². The first-order valence-corrected chi connectivity index (χ1v) is 15.4. The normalized spacial score (nSPS) is 20.6. The van der Waals surface area contributed by atoms with Gasteiger partial charge in [-0.25, -0.2) is 16.2 Å². The van der Waals surface area contributed by atoms with Crippen molar-refractivity contribution in [3.63, 3.8) is 0 Å². The molecule has 44 heavy (non-hydrogen) atoms. The lowest BCUT2D eigenvalue weighted by molar-refractivity contribution is 0.0220. The minimum atomic E-state index is -0.602. The third-order valence-corrected chi connectivity index (χ3v) is 8.27. The fourth-order valence-electron chi connectivity index (χ4n) is 5.91. The largest absolute Gasteiger partial charge is 0.462 e. The predicted molar refractivity (Wildman–Crippen MR) is 164 cm³/mol. The van der Waals surface area contributed by atoms with Crippen LogP contribution in [0.1, 0.15) is 50.4 Å². The molecule has 2 atom stereocenters. The highest BCUT2D eigenvalue weighted by Gasteiger charge is 2.37. The van der Waals surface area contributed by atoms with Crippen molar-refractivity contribution in [3.05, 3.63) is 58.6 Å². The first-order chi connectivity index (χ1) is 21.1. The molecular weight excluding hydrogens is 562 g/mol. The van der Waals surface area contributed by atoms with Gasteiger partial charge in [-0.15, -0.1) is 0 Å². The number of benzene rings is 1. The molecular formula is C32H43N7O5. The van der Waals surface area contributed by atoms with Gasteiger partial charge in [0.05, 0.1) is 12.2 Å². The van der Waals surface area contributed by atoms with E-state index in [9.17, 15) is 9.59 Å². The van der Waals surface area contributed by atoms with Crippen molar-refractivity contribution in [2.45, 2.75) is 70.9 Å². The van der Waals surface area contributed by atoms with Crippen molar-refractivity contribution in [3.8, 4) is 6.01 Å². The Morgan fingerprint density at radius 2 is 1.84 bits per heavy atom. The molecule has 12 nitrogen and oxygen atoms in total. The van der Waals surface area contributed by atoms with Crippen LogP contribution in [0, 0.1) is 6.57 Å². The van der Waals surface area contributed by atoms with E-state index in [0.717, 1.165) is 42.0 Å². The number of amides is 2. The number of carbonyl (C=O) groups is 2. The third kappa shape index (κ3) is 7.69. The minimum absolute atomic E-state index is 0.147. The standard InChI is InChI=1S/C32H43N7O5/c1-32(2,3)44-30(40)38-15-13-26-27(20-38)34-29(42-22-24-12-9-14-36(24)5)35-28(26)37-16-17-39(25(19-37)18-33-4)31(41)43-21-23-10-7-6-8-11-23/h6-8,10-11,24-25H,9,12-22H2,1-3,5H3/t24-,25?/m0/s1. The highest BCUT2D eigenvalue weighted by Crippen LogP contribution is 2.31. The van der Waals surface area contributed by atoms with Crippen molar-refractivity contribution in [2.24, 2.45) is 0 Å². The van der Waals surface area contributed by atoms with Crippen molar-refractivity contribution < 1.29 is 23.8 Å². The van der Waals surface area contributed by atoms with Gasteiger partial charge >= 0.3 is 18.2 Å². The molecule has 5 rings (SSSR count). The van der Waals surface area contributed by atoms with Gasteiger partial charge in [-0.2, -0.15) is 9.97 Å². The van der Waals surface area contributed by atoms with Gasteiger partial charge in [0.15, 0.2) is 0 Å². The summed E-state index contributed by atoms with van der Waals surface area (Å²) in [7, 11) is 2.10. The van der Waals surface area contributed by atoms with Crippen LogP contribution in [0.5, 0.6) is 6.01 Å². The Labute approximate surface area is 259 Å². The summed E-state index contributed by atoms with van der Waals surface area (Å²) in [4.78, 5) is 47.1. The first kappa shape index (κ1) is 31.3. The lowest BCUT2D eigenvalue weighted by Crippen LogP contribution is -2.57. The molecule has 236 valence electrons. The van der Waals surface area contributed by atoms with E-state index in [2.05, 4.69) is 21.7 Å². The number of hydrogen-bond donors (Lipinski definition) is 0. The Kier molecular flexibility index (Phi) is 9.74. The summed E-state index contributed by atoms with van der Waals surface area (Å²) in [5.41, 5.74) is 1.99. The van der Waals surface area contributed by atoms with Crippen LogP contribution >= 0.6 is 0 Å². The van der Waals surface area contributed by atoms with E-state index in [4.69, 9.17) is 30.8 Å². The van der Waals surface area contributed by atoms with Gasteiger partial charge < -0.3 is 33.8 Å². The van der Waals surface area contributed by atoms with Gasteiger partial charge in [0.1, 0.15) is 30.7 Å². The number of anilines is 1. The zero-order chi connectivity index (χ0) is 31.3. The predicted octanol–water partition coefficient (Wildman–Crippen LogP) is 3.99. The molecule has 12 heteroatoms. The molecule has 0 N–H and O–H groups in total. The monoisotopic (exact) mass is 605 g/mol. The van der Waals surface area contributed by atoms with E-state index in [-0.39, 0.29) is 37.8 Å². The maximum atomic E-state index is 13.1. The molecule has 2 fully saturated rings. The molecule has 0 radical (unpaired) electrons. The Morgan fingerprint density at radius 1 is 1.05 bits per heavy atom. The number of fused-ring (bicyclic) bond motifs is 1. The van der Waals surface area contributed by atoms with Gasteiger partial charge in [0.2, 0.25) is 6.54 Å². The molecule has 1 unspecified atom stereocenters. The van der Waals surface area contributed by atoms with Crippen molar-refractivity contribution in [2.75, 3.05) is 57.8 Å². The molecule has 0 bridgehead atoms. The average Bonchev–Trinajstić information content (AvgIpc) is 3.42. The van der Waals surface area contributed by atoms with Gasteiger partial charge in [-0.3, -0.25) is 4.90 Å². The highest BCUT2D eigenvalue weighted by molar-refractivity contribution is 5.70. The van der Waals surface area contributed by atoms with E-state index >= 15 is 0 Å². The second kappa shape index (κ2) is 13.7. The number of aromatic nitrogens is 2.